The van der Waals surface area contributed by atoms with Gasteiger partial charge in [0.05, 0.1) is 10.0 Å². The number of rotatable bonds is 1. The molecule has 0 aliphatic heterocycles. The van der Waals surface area contributed by atoms with Crippen molar-refractivity contribution in [3.8, 4) is 0 Å². The fourth-order valence-corrected chi connectivity index (χ4v) is 3.30. The Morgan fingerprint density at radius 3 is 2.21 bits per heavy atom. The van der Waals surface area contributed by atoms with Gasteiger partial charge in [0.15, 0.2) is 0 Å². The Morgan fingerprint density at radius 2 is 1.71 bits per heavy atom. The molecule has 0 amide bonds. The standard InChI is InChI=1S/C11H11Cl2N/c12-8-2-1-7(3-9(8)13)10-4-11(14,5-10)6-10/h1-3H,4-6,14H2. The molecular formula is C11H11Cl2N. The van der Waals surface area contributed by atoms with Crippen molar-refractivity contribution in [3.63, 3.8) is 0 Å². The van der Waals surface area contributed by atoms with Crippen LogP contribution in [0.4, 0.5) is 0 Å². The lowest BCUT2D eigenvalue weighted by Gasteiger charge is -2.69. The molecule has 0 atom stereocenters. The zero-order chi connectivity index (χ0) is 9.97. The Morgan fingerprint density at radius 1 is 1.07 bits per heavy atom. The monoisotopic (exact) mass is 227 g/mol. The van der Waals surface area contributed by atoms with Gasteiger partial charge < -0.3 is 5.73 Å². The minimum Gasteiger partial charge on any atom is -0.325 e. The second-order valence-electron chi connectivity index (χ2n) is 4.80. The molecule has 0 radical (unpaired) electrons. The molecule has 4 rings (SSSR count). The number of hydrogen-bond acceptors (Lipinski definition) is 1. The number of nitrogens with two attached hydrogens (primary N) is 1. The molecule has 0 heterocycles. The Balaban J connectivity index is 1.95. The van der Waals surface area contributed by atoms with E-state index in [4.69, 9.17) is 28.9 Å². The summed E-state index contributed by atoms with van der Waals surface area (Å²) in [5, 5.41) is 1.28. The molecule has 3 aliphatic carbocycles. The third kappa shape index (κ3) is 1.01. The molecule has 0 saturated heterocycles. The summed E-state index contributed by atoms with van der Waals surface area (Å²) < 4.78 is 0. The summed E-state index contributed by atoms with van der Waals surface area (Å²) in [5.41, 5.74) is 7.81. The number of benzene rings is 1. The Kier molecular flexibility index (Phi) is 1.59. The molecule has 3 aliphatic rings. The van der Waals surface area contributed by atoms with E-state index in [1.165, 1.54) is 5.56 Å². The molecule has 0 unspecified atom stereocenters. The van der Waals surface area contributed by atoms with Crippen molar-refractivity contribution in [1.82, 2.24) is 0 Å². The highest BCUT2D eigenvalue weighted by Crippen LogP contribution is 2.66. The summed E-state index contributed by atoms with van der Waals surface area (Å²) in [6, 6.07) is 5.94. The smallest absolute Gasteiger partial charge is 0.0595 e. The highest BCUT2D eigenvalue weighted by atomic mass is 35.5. The van der Waals surface area contributed by atoms with Crippen LogP contribution in [0.3, 0.4) is 0 Å². The predicted molar refractivity (Wildman–Crippen MR) is 58.9 cm³/mol. The van der Waals surface area contributed by atoms with Gasteiger partial charge in [0.25, 0.3) is 0 Å². The summed E-state index contributed by atoms with van der Waals surface area (Å²) >= 11 is 11.9. The Labute approximate surface area is 93.2 Å². The molecule has 1 aromatic rings. The third-order valence-corrected chi connectivity index (χ3v) is 4.34. The van der Waals surface area contributed by atoms with Gasteiger partial charge in [0.2, 0.25) is 0 Å². The first-order chi connectivity index (χ1) is 6.53. The van der Waals surface area contributed by atoms with Crippen LogP contribution >= 0.6 is 23.2 Å². The van der Waals surface area contributed by atoms with Crippen LogP contribution in [-0.2, 0) is 5.41 Å². The lowest BCUT2D eigenvalue weighted by molar-refractivity contribution is -0.0589. The van der Waals surface area contributed by atoms with Gasteiger partial charge in [-0.25, -0.2) is 0 Å². The number of hydrogen-bond donors (Lipinski definition) is 1. The van der Waals surface area contributed by atoms with Crippen molar-refractivity contribution < 1.29 is 0 Å². The molecule has 1 aromatic carbocycles. The summed E-state index contributed by atoms with van der Waals surface area (Å²) in [6.45, 7) is 0. The molecule has 74 valence electrons. The van der Waals surface area contributed by atoms with Gasteiger partial charge in [-0.2, -0.15) is 0 Å². The molecule has 2 N–H and O–H groups in total. The fraction of sp³-hybridized carbons (Fsp3) is 0.455. The largest absolute Gasteiger partial charge is 0.325 e. The van der Waals surface area contributed by atoms with Crippen molar-refractivity contribution in [1.29, 1.82) is 0 Å². The zero-order valence-corrected chi connectivity index (χ0v) is 9.20. The Hall–Kier alpha value is -0.240. The molecule has 1 nitrogen and oxygen atoms in total. The van der Waals surface area contributed by atoms with Crippen molar-refractivity contribution in [2.24, 2.45) is 5.73 Å². The summed E-state index contributed by atoms with van der Waals surface area (Å²) in [7, 11) is 0. The highest BCUT2D eigenvalue weighted by Gasteiger charge is 2.66. The van der Waals surface area contributed by atoms with Crippen molar-refractivity contribution in [2.75, 3.05) is 0 Å². The van der Waals surface area contributed by atoms with Gasteiger partial charge >= 0.3 is 0 Å². The van der Waals surface area contributed by atoms with Crippen molar-refractivity contribution in [2.45, 2.75) is 30.2 Å². The average molecular weight is 228 g/mol. The topological polar surface area (TPSA) is 26.0 Å². The molecule has 14 heavy (non-hydrogen) atoms. The minimum absolute atomic E-state index is 0.145. The van der Waals surface area contributed by atoms with Crippen LogP contribution in [0.25, 0.3) is 0 Å². The van der Waals surface area contributed by atoms with Crippen LogP contribution in [0.2, 0.25) is 10.0 Å². The molecule has 2 bridgehead atoms. The lowest BCUT2D eigenvalue weighted by Crippen LogP contribution is -2.74. The number of halogens is 2. The van der Waals surface area contributed by atoms with E-state index in [0.717, 1.165) is 19.3 Å². The fourth-order valence-electron chi connectivity index (χ4n) is 3.00. The Bertz CT molecular complexity index is 394. The van der Waals surface area contributed by atoms with Gasteiger partial charge in [0, 0.05) is 11.0 Å². The lowest BCUT2D eigenvalue weighted by atomic mass is 9.38. The van der Waals surface area contributed by atoms with E-state index in [1.54, 1.807) is 0 Å². The van der Waals surface area contributed by atoms with Crippen LogP contribution in [0, 0.1) is 0 Å². The van der Waals surface area contributed by atoms with Gasteiger partial charge in [-0.1, -0.05) is 29.3 Å². The maximum Gasteiger partial charge on any atom is 0.0595 e. The molecular weight excluding hydrogens is 217 g/mol. The quantitative estimate of drug-likeness (QED) is 0.785. The van der Waals surface area contributed by atoms with Crippen LogP contribution in [-0.4, -0.2) is 5.54 Å². The molecule has 3 fully saturated rings. The maximum atomic E-state index is 6.02. The average Bonchev–Trinajstić information content (AvgIpc) is 2.03. The molecule has 0 spiro atoms. The third-order valence-electron chi connectivity index (χ3n) is 3.60. The van der Waals surface area contributed by atoms with E-state index in [0.29, 0.717) is 15.5 Å². The second kappa shape index (κ2) is 2.46. The van der Waals surface area contributed by atoms with Crippen LogP contribution < -0.4 is 5.73 Å². The first-order valence-corrected chi connectivity index (χ1v) is 5.53. The maximum absolute atomic E-state index is 6.02. The van der Waals surface area contributed by atoms with Gasteiger partial charge in [-0.05, 0) is 37.0 Å². The molecule has 3 heteroatoms. The van der Waals surface area contributed by atoms with Crippen molar-refractivity contribution in [3.05, 3.63) is 33.8 Å². The van der Waals surface area contributed by atoms with E-state index in [9.17, 15) is 0 Å². The predicted octanol–water partition coefficient (Wildman–Crippen LogP) is 3.13. The first kappa shape index (κ1) is 9.02. The SMILES string of the molecule is NC12CC(c3ccc(Cl)c(Cl)c3)(C1)C2. The normalized spacial score (nSPS) is 38.8. The second-order valence-corrected chi connectivity index (χ2v) is 5.62. The van der Waals surface area contributed by atoms with Gasteiger partial charge in [-0.3, -0.25) is 0 Å². The first-order valence-electron chi connectivity index (χ1n) is 4.78. The van der Waals surface area contributed by atoms with Crippen molar-refractivity contribution >= 4 is 23.2 Å². The van der Waals surface area contributed by atoms with Crippen LogP contribution in [0.5, 0.6) is 0 Å². The van der Waals surface area contributed by atoms with Gasteiger partial charge in [-0.15, -0.1) is 0 Å². The van der Waals surface area contributed by atoms with E-state index in [1.807, 2.05) is 12.1 Å². The molecule has 0 aromatic heterocycles. The van der Waals surface area contributed by atoms with E-state index < -0.39 is 0 Å². The van der Waals surface area contributed by atoms with E-state index in [-0.39, 0.29) is 5.54 Å². The van der Waals surface area contributed by atoms with E-state index in [2.05, 4.69) is 6.07 Å². The zero-order valence-electron chi connectivity index (χ0n) is 7.69. The molecule has 3 saturated carbocycles. The van der Waals surface area contributed by atoms with Crippen LogP contribution in [0.15, 0.2) is 18.2 Å². The van der Waals surface area contributed by atoms with Crippen LogP contribution in [0.1, 0.15) is 24.8 Å². The van der Waals surface area contributed by atoms with E-state index >= 15 is 0 Å². The summed E-state index contributed by atoms with van der Waals surface area (Å²) in [6.07, 6.45) is 3.33. The minimum atomic E-state index is 0.145. The summed E-state index contributed by atoms with van der Waals surface area (Å²) in [4.78, 5) is 0. The van der Waals surface area contributed by atoms with Gasteiger partial charge in [0.1, 0.15) is 0 Å². The summed E-state index contributed by atoms with van der Waals surface area (Å²) in [5.74, 6) is 0. The highest BCUT2D eigenvalue weighted by molar-refractivity contribution is 6.42.